The molecule has 1 saturated carbocycles. The highest BCUT2D eigenvalue weighted by Crippen LogP contribution is 2.39. The zero-order valence-electron chi connectivity index (χ0n) is 18.3. The van der Waals surface area contributed by atoms with Crippen LogP contribution in [0.15, 0.2) is 12.1 Å². The molecule has 0 radical (unpaired) electrons. The zero-order valence-corrected chi connectivity index (χ0v) is 18.3. The van der Waals surface area contributed by atoms with Gasteiger partial charge in [-0.15, -0.1) is 0 Å². The van der Waals surface area contributed by atoms with Crippen molar-refractivity contribution in [2.45, 2.75) is 77.4 Å². The normalized spacial score (nSPS) is 19.7. The van der Waals surface area contributed by atoms with Crippen LogP contribution in [0.5, 0.6) is 0 Å². The van der Waals surface area contributed by atoms with Crippen LogP contribution >= 0.6 is 0 Å². The van der Waals surface area contributed by atoms with Gasteiger partial charge in [-0.2, -0.15) is 5.10 Å². The Hall–Kier alpha value is -2.64. The first kappa shape index (κ1) is 20.6. The topological polar surface area (TPSA) is 88.8 Å². The van der Waals surface area contributed by atoms with Crippen molar-refractivity contribution in [3.63, 3.8) is 0 Å². The Morgan fingerprint density at radius 2 is 1.93 bits per heavy atom. The minimum absolute atomic E-state index is 0.0815. The summed E-state index contributed by atoms with van der Waals surface area (Å²) in [4.78, 5) is 31.4. The van der Waals surface area contributed by atoms with Crippen LogP contribution < -0.4 is 5.32 Å². The van der Waals surface area contributed by atoms with E-state index in [1.165, 1.54) is 12.8 Å². The fourth-order valence-electron chi connectivity index (χ4n) is 4.02. The smallest absolute Gasteiger partial charge is 0.408 e. The molecule has 2 aliphatic rings. The third kappa shape index (κ3) is 4.57. The maximum atomic E-state index is 12.9. The first-order valence-corrected chi connectivity index (χ1v) is 10.8. The van der Waals surface area contributed by atoms with E-state index in [0.29, 0.717) is 12.5 Å². The highest BCUT2D eigenvalue weighted by Gasteiger charge is 2.31. The van der Waals surface area contributed by atoms with E-state index >= 15 is 0 Å². The molecule has 2 aromatic rings. The third-order valence-corrected chi connectivity index (χ3v) is 5.59. The van der Waals surface area contributed by atoms with Gasteiger partial charge in [-0.1, -0.05) is 0 Å². The highest BCUT2D eigenvalue weighted by atomic mass is 16.6. The molecule has 0 aromatic carbocycles. The molecule has 0 unspecified atom stereocenters. The molecule has 1 N–H and O–H groups in total. The van der Waals surface area contributed by atoms with Crippen LogP contribution in [0.25, 0.3) is 5.65 Å². The number of fused-ring (bicyclic) bond motifs is 1. The third-order valence-electron chi connectivity index (χ3n) is 5.59. The molecule has 2 aromatic heterocycles. The summed E-state index contributed by atoms with van der Waals surface area (Å²) in [5.74, 6) is 0.463. The Morgan fingerprint density at radius 1 is 1.17 bits per heavy atom. The van der Waals surface area contributed by atoms with Gasteiger partial charge in [0.05, 0.1) is 11.7 Å². The van der Waals surface area contributed by atoms with Crippen LogP contribution in [0.3, 0.4) is 0 Å². The summed E-state index contributed by atoms with van der Waals surface area (Å²) < 4.78 is 7.10. The van der Waals surface area contributed by atoms with Crippen molar-refractivity contribution >= 4 is 17.6 Å². The number of hydrogen-bond acceptors (Lipinski definition) is 5. The van der Waals surface area contributed by atoms with Gasteiger partial charge in [-0.25, -0.2) is 14.3 Å². The van der Waals surface area contributed by atoms with E-state index in [-0.39, 0.29) is 18.5 Å². The van der Waals surface area contributed by atoms with Crippen molar-refractivity contribution in [3.8, 4) is 0 Å². The summed E-state index contributed by atoms with van der Waals surface area (Å²) in [5.41, 5.74) is 3.32. The molecule has 162 valence electrons. The van der Waals surface area contributed by atoms with Gasteiger partial charge in [-0.05, 0) is 65.9 Å². The highest BCUT2D eigenvalue weighted by molar-refractivity contribution is 5.82. The molecule has 0 bridgehead atoms. The molecule has 8 nitrogen and oxygen atoms in total. The Morgan fingerprint density at radius 3 is 2.63 bits per heavy atom. The number of nitrogens with one attached hydrogen (secondary N) is 1. The average molecular weight is 414 g/mol. The van der Waals surface area contributed by atoms with Crippen molar-refractivity contribution in [3.05, 3.63) is 29.2 Å². The summed E-state index contributed by atoms with van der Waals surface area (Å²) >= 11 is 0. The molecule has 1 saturated heterocycles. The maximum Gasteiger partial charge on any atom is 0.408 e. The van der Waals surface area contributed by atoms with E-state index in [4.69, 9.17) is 14.8 Å². The first-order chi connectivity index (χ1) is 14.2. The number of aromatic nitrogens is 3. The van der Waals surface area contributed by atoms with Crippen molar-refractivity contribution < 1.29 is 14.3 Å². The van der Waals surface area contributed by atoms with E-state index in [0.717, 1.165) is 42.0 Å². The van der Waals surface area contributed by atoms with Crippen molar-refractivity contribution in [1.82, 2.24) is 24.8 Å². The van der Waals surface area contributed by atoms with Crippen molar-refractivity contribution in [2.24, 2.45) is 0 Å². The van der Waals surface area contributed by atoms with E-state index in [2.05, 4.69) is 11.4 Å². The number of rotatable bonds is 4. The van der Waals surface area contributed by atoms with Crippen molar-refractivity contribution in [2.75, 3.05) is 13.1 Å². The lowest BCUT2D eigenvalue weighted by Gasteiger charge is -2.34. The van der Waals surface area contributed by atoms with Crippen LogP contribution in [0.1, 0.15) is 81.9 Å². The summed E-state index contributed by atoms with van der Waals surface area (Å²) in [6.07, 6.45) is 4.69. The van der Waals surface area contributed by atoms with Crippen LogP contribution in [-0.4, -0.2) is 50.2 Å². The summed E-state index contributed by atoms with van der Waals surface area (Å²) in [6, 6.07) is 4.03. The zero-order chi connectivity index (χ0) is 21.5. The van der Waals surface area contributed by atoms with Crippen LogP contribution in [0.2, 0.25) is 0 Å². The van der Waals surface area contributed by atoms with Gasteiger partial charge >= 0.3 is 6.09 Å². The second-order valence-corrected chi connectivity index (χ2v) is 9.39. The van der Waals surface area contributed by atoms with Gasteiger partial charge in [0.1, 0.15) is 12.1 Å². The molecule has 3 heterocycles. The largest absolute Gasteiger partial charge is 0.444 e. The molecule has 30 heavy (non-hydrogen) atoms. The number of hydrogen-bond donors (Lipinski definition) is 1. The first-order valence-electron chi connectivity index (χ1n) is 10.8. The standard InChI is InChI=1S/C22H31N5O3/c1-14-11-16(15-8-9-15)24-19-12-17(25-27(14)19)18-7-5-6-10-26(18)20(28)13-23-21(29)30-22(2,3)4/h11-12,15,18H,5-10,13H2,1-4H3,(H,23,29)/t18-/m0/s1. The fraction of sp³-hybridized carbons (Fsp3) is 0.636. The minimum atomic E-state index is -0.596. The lowest BCUT2D eigenvalue weighted by Crippen LogP contribution is -2.45. The molecule has 1 aliphatic carbocycles. The Kier molecular flexibility index (Phi) is 5.42. The maximum absolute atomic E-state index is 12.9. The number of ether oxygens (including phenoxy) is 1. The van der Waals surface area contributed by atoms with Gasteiger partial charge in [0.15, 0.2) is 5.65 Å². The van der Waals surface area contributed by atoms with Gasteiger partial charge in [0.2, 0.25) is 5.91 Å². The summed E-state index contributed by atoms with van der Waals surface area (Å²) in [5, 5.41) is 7.36. The molecule has 2 fully saturated rings. The molecule has 0 spiro atoms. The molecule has 1 atom stereocenters. The van der Waals surface area contributed by atoms with Crippen LogP contribution in [0.4, 0.5) is 4.79 Å². The predicted molar refractivity (Wildman–Crippen MR) is 112 cm³/mol. The molecule has 1 aliphatic heterocycles. The average Bonchev–Trinajstić information content (AvgIpc) is 3.44. The molecular formula is C22H31N5O3. The van der Waals surface area contributed by atoms with E-state index < -0.39 is 11.7 Å². The number of likely N-dealkylation sites (tertiary alicyclic amines) is 1. The number of alkyl carbamates (subject to hydrolysis) is 1. The van der Waals surface area contributed by atoms with E-state index in [9.17, 15) is 9.59 Å². The number of piperidine rings is 1. The number of carbonyl (C=O) groups excluding carboxylic acids is 2. The number of amides is 2. The second kappa shape index (κ2) is 7.89. The van der Waals surface area contributed by atoms with Crippen molar-refractivity contribution in [1.29, 1.82) is 0 Å². The van der Waals surface area contributed by atoms with Gasteiger partial charge < -0.3 is 15.0 Å². The number of nitrogens with zero attached hydrogens (tertiary/aromatic N) is 4. The van der Waals surface area contributed by atoms with Gasteiger partial charge in [0.25, 0.3) is 0 Å². The SMILES string of the molecule is Cc1cc(C2CC2)nc2cc([C@@H]3CCCCN3C(=O)CNC(=O)OC(C)(C)C)nn12. The molecule has 4 rings (SSSR count). The summed E-state index contributed by atoms with van der Waals surface area (Å²) in [6.45, 7) is 8.01. The lowest BCUT2D eigenvalue weighted by atomic mass is 9.99. The minimum Gasteiger partial charge on any atom is -0.444 e. The Balaban J connectivity index is 1.50. The van der Waals surface area contributed by atoms with Crippen LogP contribution in [0, 0.1) is 6.92 Å². The quantitative estimate of drug-likeness (QED) is 0.829. The van der Waals surface area contributed by atoms with Crippen LogP contribution in [-0.2, 0) is 9.53 Å². The molecule has 8 heteroatoms. The Labute approximate surface area is 177 Å². The monoisotopic (exact) mass is 413 g/mol. The summed E-state index contributed by atoms with van der Waals surface area (Å²) in [7, 11) is 0. The van der Waals surface area contributed by atoms with E-state index in [1.54, 1.807) is 20.8 Å². The van der Waals surface area contributed by atoms with Gasteiger partial charge in [-0.3, -0.25) is 4.79 Å². The number of aryl methyl sites for hydroxylation is 1. The lowest BCUT2D eigenvalue weighted by molar-refractivity contribution is -0.134. The fourth-order valence-corrected chi connectivity index (χ4v) is 4.02. The second-order valence-electron chi connectivity index (χ2n) is 9.39. The predicted octanol–water partition coefficient (Wildman–Crippen LogP) is 3.49. The molecule has 2 amide bonds. The number of carbonyl (C=O) groups is 2. The van der Waals surface area contributed by atoms with Gasteiger partial charge in [0, 0.05) is 29.9 Å². The Bertz CT molecular complexity index is 958. The molecular weight excluding hydrogens is 382 g/mol. The van der Waals surface area contributed by atoms with E-state index in [1.807, 2.05) is 22.4 Å².